The molecule has 0 aliphatic carbocycles. The number of rotatable bonds is 7. The average molecular weight is 457 g/mol. The quantitative estimate of drug-likeness (QED) is 0.498. The largest absolute Gasteiger partial charge is 0.280 e. The van der Waals surface area contributed by atoms with E-state index in [-0.39, 0.29) is 17.5 Å². The van der Waals surface area contributed by atoms with Crippen molar-refractivity contribution in [2.24, 2.45) is 0 Å². The van der Waals surface area contributed by atoms with Crippen LogP contribution in [-0.2, 0) is 16.5 Å². The smallest absolute Gasteiger partial charge is 0.204 e. The van der Waals surface area contributed by atoms with Gasteiger partial charge in [-0.05, 0) is 50.7 Å². The first-order chi connectivity index (χ1) is 14.9. The van der Waals surface area contributed by atoms with Crippen LogP contribution in [0.15, 0.2) is 54.6 Å². The monoisotopic (exact) mass is 456 g/mol. The van der Waals surface area contributed by atoms with E-state index in [1.165, 1.54) is 5.56 Å². The highest BCUT2D eigenvalue weighted by Gasteiger charge is 2.32. The molecule has 0 saturated carbocycles. The third-order valence-corrected chi connectivity index (χ3v) is 7.86. The molecule has 2 aromatic carbocycles. The Labute approximate surface area is 189 Å². The molecule has 0 bridgehead atoms. The van der Waals surface area contributed by atoms with Gasteiger partial charge < -0.3 is 0 Å². The summed E-state index contributed by atoms with van der Waals surface area (Å²) in [6, 6.07) is 18.3. The zero-order valence-electron chi connectivity index (χ0n) is 17.9. The number of aromatic nitrogens is 3. The summed E-state index contributed by atoms with van der Waals surface area (Å²) in [5.41, 5.74) is 3.13. The van der Waals surface area contributed by atoms with Crippen LogP contribution in [0.5, 0.6) is 0 Å². The predicted molar refractivity (Wildman–Crippen MR) is 127 cm³/mol. The van der Waals surface area contributed by atoms with Crippen LogP contribution >= 0.6 is 12.2 Å². The number of benzene rings is 2. The maximum atomic E-state index is 12.1. The SMILES string of the molecule is CCCN(Cn1nc(-c2ccccc2)n(-c2ccc(C)cc2)c1=S)C1CCS(=O)(=O)C1. The molecule has 8 heteroatoms. The minimum absolute atomic E-state index is 0.0107. The van der Waals surface area contributed by atoms with Gasteiger partial charge in [-0.25, -0.2) is 13.1 Å². The highest BCUT2D eigenvalue weighted by Crippen LogP contribution is 2.24. The summed E-state index contributed by atoms with van der Waals surface area (Å²) >= 11 is 5.87. The summed E-state index contributed by atoms with van der Waals surface area (Å²) in [7, 11) is -2.96. The fourth-order valence-corrected chi connectivity index (χ4v) is 6.14. The number of hydrogen-bond acceptors (Lipinski definition) is 5. The van der Waals surface area contributed by atoms with Gasteiger partial charge in [-0.3, -0.25) is 9.47 Å². The van der Waals surface area contributed by atoms with Crippen LogP contribution in [0.25, 0.3) is 17.1 Å². The van der Waals surface area contributed by atoms with Crippen LogP contribution in [0.2, 0.25) is 0 Å². The Morgan fingerprint density at radius 3 is 2.45 bits per heavy atom. The summed E-state index contributed by atoms with van der Waals surface area (Å²) in [6.07, 6.45) is 1.61. The fraction of sp³-hybridized carbons (Fsp3) is 0.391. The minimum Gasteiger partial charge on any atom is -0.280 e. The second-order valence-electron chi connectivity index (χ2n) is 8.15. The number of sulfone groups is 1. The molecular formula is C23H28N4O2S2. The van der Waals surface area contributed by atoms with Gasteiger partial charge in [0.2, 0.25) is 4.77 Å². The van der Waals surface area contributed by atoms with Gasteiger partial charge in [0.25, 0.3) is 0 Å². The van der Waals surface area contributed by atoms with Crippen LogP contribution in [0.3, 0.4) is 0 Å². The van der Waals surface area contributed by atoms with Crippen molar-refractivity contribution in [1.82, 2.24) is 19.2 Å². The molecule has 0 amide bonds. The molecule has 0 spiro atoms. The molecule has 1 aliphatic heterocycles. The maximum absolute atomic E-state index is 12.1. The summed E-state index contributed by atoms with van der Waals surface area (Å²) in [6.45, 7) is 5.45. The van der Waals surface area contributed by atoms with E-state index >= 15 is 0 Å². The molecular weight excluding hydrogens is 428 g/mol. The Hall–Kier alpha value is -2.29. The van der Waals surface area contributed by atoms with Crippen molar-refractivity contribution >= 4 is 22.1 Å². The minimum atomic E-state index is -2.96. The molecule has 0 N–H and O–H groups in total. The Balaban J connectivity index is 1.76. The van der Waals surface area contributed by atoms with E-state index in [0.717, 1.165) is 30.0 Å². The molecule has 1 atom stereocenters. The average Bonchev–Trinajstić information content (AvgIpc) is 3.28. The lowest BCUT2D eigenvalue weighted by molar-refractivity contribution is 0.155. The first-order valence-corrected chi connectivity index (χ1v) is 12.9. The zero-order valence-corrected chi connectivity index (χ0v) is 19.6. The molecule has 1 fully saturated rings. The van der Waals surface area contributed by atoms with Crippen molar-refractivity contribution in [2.75, 3.05) is 18.1 Å². The molecule has 2 heterocycles. The van der Waals surface area contributed by atoms with E-state index in [9.17, 15) is 8.42 Å². The van der Waals surface area contributed by atoms with Crippen molar-refractivity contribution in [3.63, 3.8) is 0 Å². The van der Waals surface area contributed by atoms with Crippen LogP contribution < -0.4 is 0 Å². The van der Waals surface area contributed by atoms with Crippen molar-refractivity contribution in [3.05, 3.63) is 64.9 Å². The topological polar surface area (TPSA) is 60.1 Å². The standard InChI is InChI=1S/C23H28N4O2S2/c1-3-14-25(21-13-15-31(28,29)16-21)17-26-23(30)27(20-11-9-18(2)10-12-20)22(24-26)19-7-5-4-6-8-19/h4-12,21H,3,13-17H2,1-2H3. The molecule has 4 rings (SSSR count). The lowest BCUT2D eigenvalue weighted by Crippen LogP contribution is -2.38. The Bertz CT molecular complexity index is 1200. The molecule has 31 heavy (non-hydrogen) atoms. The summed E-state index contributed by atoms with van der Waals surface area (Å²) in [4.78, 5) is 2.21. The van der Waals surface area contributed by atoms with Crippen LogP contribution in [-0.4, -0.2) is 51.8 Å². The molecule has 1 saturated heterocycles. The maximum Gasteiger partial charge on any atom is 0.204 e. The first kappa shape index (κ1) is 21.9. The number of hydrogen-bond donors (Lipinski definition) is 0. The highest BCUT2D eigenvalue weighted by atomic mass is 32.2. The molecule has 0 radical (unpaired) electrons. The van der Waals surface area contributed by atoms with Crippen molar-refractivity contribution < 1.29 is 8.42 Å². The van der Waals surface area contributed by atoms with Gasteiger partial charge in [-0.1, -0.05) is 55.0 Å². The third-order valence-electron chi connectivity index (χ3n) is 5.71. The van der Waals surface area contributed by atoms with E-state index in [1.807, 2.05) is 39.6 Å². The molecule has 3 aromatic rings. The van der Waals surface area contributed by atoms with E-state index in [1.54, 1.807) is 0 Å². The van der Waals surface area contributed by atoms with Crippen LogP contribution in [0.1, 0.15) is 25.3 Å². The van der Waals surface area contributed by atoms with Gasteiger partial charge in [0.05, 0.1) is 18.2 Å². The summed E-state index contributed by atoms with van der Waals surface area (Å²) in [5.74, 6) is 1.26. The Morgan fingerprint density at radius 1 is 1.13 bits per heavy atom. The van der Waals surface area contributed by atoms with Crippen LogP contribution in [0, 0.1) is 11.7 Å². The summed E-state index contributed by atoms with van der Waals surface area (Å²) in [5, 5.41) is 4.89. The summed E-state index contributed by atoms with van der Waals surface area (Å²) < 4.78 is 28.5. The van der Waals surface area contributed by atoms with Crippen molar-refractivity contribution in [3.8, 4) is 17.1 Å². The molecule has 164 valence electrons. The lowest BCUT2D eigenvalue weighted by Gasteiger charge is -2.27. The van der Waals surface area contributed by atoms with E-state index in [4.69, 9.17) is 17.3 Å². The third kappa shape index (κ3) is 4.81. The predicted octanol–water partition coefficient (Wildman–Crippen LogP) is 4.24. The second-order valence-corrected chi connectivity index (χ2v) is 10.7. The highest BCUT2D eigenvalue weighted by molar-refractivity contribution is 7.91. The Morgan fingerprint density at radius 2 is 1.84 bits per heavy atom. The molecule has 1 unspecified atom stereocenters. The van der Waals surface area contributed by atoms with Crippen LogP contribution in [0.4, 0.5) is 0 Å². The van der Waals surface area contributed by atoms with Gasteiger partial charge >= 0.3 is 0 Å². The van der Waals surface area contributed by atoms with Crippen molar-refractivity contribution in [1.29, 1.82) is 0 Å². The molecule has 6 nitrogen and oxygen atoms in total. The van der Waals surface area contributed by atoms with Gasteiger partial charge in [0.1, 0.15) is 0 Å². The van der Waals surface area contributed by atoms with Gasteiger partial charge in [-0.15, -0.1) is 5.10 Å². The van der Waals surface area contributed by atoms with E-state index in [2.05, 4.69) is 43.0 Å². The Kier molecular flexibility index (Phi) is 6.41. The van der Waals surface area contributed by atoms with Gasteiger partial charge in [-0.2, -0.15) is 0 Å². The van der Waals surface area contributed by atoms with E-state index in [0.29, 0.717) is 17.9 Å². The number of aryl methyl sites for hydroxylation is 1. The van der Waals surface area contributed by atoms with Gasteiger partial charge in [0.15, 0.2) is 15.7 Å². The zero-order chi connectivity index (χ0) is 22.0. The first-order valence-electron chi connectivity index (χ1n) is 10.6. The molecule has 1 aromatic heterocycles. The fourth-order valence-electron chi connectivity index (χ4n) is 4.09. The second kappa shape index (κ2) is 9.06. The normalized spacial score (nSPS) is 18.0. The van der Waals surface area contributed by atoms with Crippen molar-refractivity contribution in [2.45, 2.75) is 39.4 Å². The van der Waals surface area contributed by atoms with E-state index < -0.39 is 9.84 Å². The van der Waals surface area contributed by atoms with Gasteiger partial charge in [0, 0.05) is 17.3 Å². The molecule has 1 aliphatic rings. The number of nitrogens with zero attached hydrogens (tertiary/aromatic N) is 4. The lowest BCUT2D eigenvalue weighted by atomic mass is 10.2.